The maximum atomic E-state index is 9.75. The molecule has 0 fully saturated rings. The number of allylic oxidation sites excluding steroid dienone is 10. The molecule has 1 aliphatic carbocycles. The van der Waals surface area contributed by atoms with Crippen LogP contribution in [0.25, 0.3) is 51.6 Å². The third kappa shape index (κ3) is 24.5. The topological polar surface area (TPSA) is 66.9 Å². The summed E-state index contributed by atoms with van der Waals surface area (Å²) in [6, 6.07) is 61.6. The van der Waals surface area contributed by atoms with Gasteiger partial charge in [-0.1, -0.05) is 137 Å². The number of anilines is 1. The highest BCUT2D eigenvalue weighted by Gasteiger charge is 2.24. The van der Waals surface area contributed by atoms with Crippen LogP contribution in [0.5, 0.6) is 0 Å². The molecule has 0 bridgehead atoms. The van der Waals surface area contributed by atoms with Gasteiger partial charge in [0, 0.05) is 110 Å². The van der Waals surface area contributed by atoms with Crippen LogP contribution in [0.1, 0.15) is 60.9 Å². The highest BCUT2D eigenvalue weighted by molar-refractivity contribution is 9.11. The second-order valence-electron chi connectivity index (χ2n) is 19.8. The molecule has 6 aromatic carbocycles. The van der Waals surface area contributed by atoms with Crippen LogP contribution in [0.15, 0.2) is 242 Å². The Balaban J connectivity index is 0.000000245. The zero-order chi connectivity index (χ0) is 63.6. The van der Waals surface area contributed by atoms with Crippen molar-refractivity contribution in [3.8, 4) is 40.2 Å². The summed E-state index contributed by atoms with van der Waals surface area (Å²) in [7, 11) is -7.80. The lowest BCUT2D eigenvalue weighted by Crippen LogP contribution is -2.37. The van der Waals surface area contributed by atoms with E-state index in [-0.39, 0.29) is 0 Å². The SMILES string of the molecule is CN(CCCCC#N)c1ccc(/C=C/c2cc(-c3ccc(Br)cc3)cc(-c3ccc(Br)cc3)[n+]2-c2ccccc2)cc1.C[N+](CCCCC#N)=C1C=CC(=CC=C2C=C(c3ccc(Br)cc3)C=C(c3ccc(Br)cc3)O2)C=C1.F[B-](F)(F)F.F[B-](F)(F)F. The molecule has 88 heavy (non-hydrogen) atoms. The van der Waals surface area contributed by atoms with Crippen molar-refractivity contribution in [3.63, 3.8) is 0 Å². The normalized spacial score (nSPS) is 13.1. The maximum absolute atomic E-state index is 9.75. The van der Waals surface area contributed by atoms with Crippen LogP contribution in [-0.4, -0.2) is 52.0 Å². The zero-order valence-corrected chi connectivity index (χ0v) is 54.2. The summed E-state index contributed by atoms with van der Waals surface area (Å²) in [5.74, 6) is 1.60. The molecule has 20 heteroatoms. The van der Waals surface area contributed by atoms with Gasteiger partial charge in [-0.2, -0.15) is 15.1 Å². The van der Waals surface area contributed by atoms with Crippen molar-refractivity contribution >= 4 is 113 Å². The molecule has 0 radical (unpaired) electrons. The van der Waals surface area contributed by atoms with Crippen molar-refractivity contribution in [3.05, 3.63) is 264 Å². The van der Waals surface area contributed by atoms with Crippen LogP contribution in [0.3, 0.4) is 0 Å². The molecule has 0 unspecified atom stereocenters. The van der Waals surface area contributed by atoms with E-state index >= 15 is 0 Å². The lowest BCUT2D eigenvalue weighted by Gasteiger charge is -2.19. The van der Waals surface area contributed by atoms with E-state index < -0.39 is 14.5 Å². The molecule has 1 aliphatic heterocycles. The summed E-state index contributed by atoms with van der Waals surface area (Å²) in [6.07, 6.45) is 26.3. The van der Waals surface area contributed by atoms with E-state index in [0.29, 0.717) is 12.8 Å². The van der Waals surface area contributed by atoms with E-state index in [1.165, 1.54) is 11.4 Å². The van der Waals surface area contributed by atoms with Gasteiger partial charge in [-0.25, -0.2) is 4.58 Å². The molecule has 6 nitrogen and oxygen atoms in total. The summed E-state index contributed by atoms with van der Waals surface area (Å²) >= 11 is 14.2. The standard InChI is InChI=1S/C37H32Br2N3.C31H27Br2N2O.2BF4/c1-41(25-7-3-6-24-40)34-21-10-28(11-22-34)12-23-36-26-31(29-13-17-32(38)18-14-29)27-37(30-15-19-33(39)20-16-30)42(36)35-8-4-2-5-9-35;1-35(20-4-2-3-19-34)29-16-5-23(6-17-29)7-18-30-21-26(24-8-12-27(32)13-9-24)22-31(36-30)25-10-14-28(33)15-11-25;2*2-1(3,4)5/h2,4-5,8-23,26-27H,3,6-7,25H2,1H3;5-18,21-22H,2-4,20H2,1H3;;/q2*+1;2*-1. The Kier molecular flexibility index (Phi) is 27.5. The van der Waals surface area contributed by atoms with Crippen molar-refractivity contribution in [2.45, 2.75) is 38.5 Å². The number of halogens is 12. The molecule has 0 atom stereocenters. The molecule has 7 aromatic rings. The van der Waals surface area contributed by atoms with Crippen molar-refractivity contribution in [2.75, 3.05) is 32.1 Å². The van der Waals surface area contributed by atoms with Gasteiger partial charge in [0.1, 0.15) is 25.1 Å². The Labute approximate surface area is 543 Å². The van der Waals surface area contributed by atoms with E-state index in [9.17, 15) is 34.5 Å². The van der Waals surface area contributed by atoms with Gasteiger partial charge in [-0.3, -0.25) is 0 Å². The Hall–Kier alpha value is -7.61. The number of benzene rings is 6. The van der Waals surface area contributed by atoms with Gasteiger partial charge in [0.25, 0.3) is 0 Å². The zero-order valence-electron chi connectivity index (χ0n) is 47.9. The predicted molar refractivity (Wildman–Crippen MR) is 358 cm³/mol. The smallest absolute Gasteiger partial charge is 0.457 e. The van der Waals surface area contributed by atoms with Crippen molar-refractivity contribution in [1.29, 1.82) is 10.5 Å². The van der Waals surface area contributed by atoms with Gasteiger partial charge in [-0.05, 0) is 162 Å². The minimum Gasteiger partial charge on any atom is -0.457 e. The summed E-state index contributed by atoms with van der Waals surface area (Å²) in [6.45, 7) is 1.88. The van der Waals surface area contributed by atoms with Gasteiger partial charge in [0.15, 0.2) is 5.71 Å². The molecule has 0 N–H and O–H groups in total. The van der Waals surface area contributed by atoms with Gasteiger partial charge in [0.05, 0.1) is 12.1 Å². The number of nitriles is 2. The quantitative estimate of drug-likeness (QED) is 0.0394. The average Bonchev–Trinajstić information content (AvgIpc) is 1.71. The first-order valence-electron chi connectivity index (χ1n) is 27.7. The van der Waals surface area contributed by atoms with E-state index in [4.69, 9.17) is 15.3 Å². The van der Waals surface area contributed by atoms with Crippen LogP contribution in [0.2, 0.25) is 0 Å². The number of rotatable bonds is 17. The molecule has 0 saturated carbocycles. The molecular formula is C68H59B2Br4F8N5O. The Morgan fingerprint density at radius 1 is 0.545 bits per heavy atom. The number of hydrogen-bond acceptors (Lipinski definition) is 4. The van der Waals surface area contributed by atoms with Crippen LogP contribution >= 0.6 is 63.7 Å². The van der Waals surface area contributed by atoms with Crippen LogP contribution in [0.4, 0.5) is 40.2 Å². The lowest BCUT2D eigenvalue weighted by atomic mass is 10.0. The lowest BCUT2D eigenvalue weighted by molar-refractivity contribution is -0.585. The Morgan fingerprint density at radius 3 is 1.58 bits per heavy atom. The first-order valence-corrected chi connectivity index (χ1v) is 30.9. The average molecular weight is 1460 g/mol. The van der Waals surface area contributed by atoms with Crippen LogP contribution in [0, 0.1) is 22.7 Å². The molecule has 0 spiro atoms. The van der Waals surface area contributed by atoms with E-state index in [1.54, 1.807) is 0 Å². The number of unbranched alkanes of at least 4 members (excludes halogenated alkanes) is 4. The molecule has 2 heterocycles. The number of pyridine rings is 1. The fourth-order valence-electron chi connectivity index (χ4n) is 8.82. The molecule has 0 saturated heterocycles. The number of para-hydroxylation sites is 1. The third-order valence-corrected chi connectivity index (χ3v) is 15.3. The summed E-state index contributed by atoms with van der Waals surface area (Å²) in [5, 5.41) is 17.5. The highest BCUT2D eigenvalue weighted by Crippen LogP contribution is 2.34. The molecular weight excluding hydrogens is 1400 g/mol. The molecule has 2 aliphatic rings. The fourth-order valence-corrected chi connectivity index (χ4v) is 9.88. The fraction of sp³-hybridized carbons (Fsp3) is 0.147. The second-order valence-corrected chi connectivity index (χ2v) is 23.4. The first kappa shape index (κ1) is 69.5. The van der Waals surface area contributed by atoms with Gasteiger partial charge in [0.2, 0.25) is 17.1 Å². The minimum absolute atomic E-state index is 0.618. The van der Waals surface area contributed by atoms with Crippen LogP contribution < -0.4 is 9.47 Å². The third-order valence-electron chi connectivity index (χ3n) is 13.2. The van der Waals surface area contributed by atoms with Crippen molar-refractivity contribution in [1.82, 2.24) is 0 Å². The number of aromatic nitrogens is 1. The number of hydrogen-bond donors (Lipinski definition) is 0. The van der Waals surface area contributed by atoms with E-state index in [1.807, 2.05) is 18.2 Å². The van der Waals surface area contributed by atoms with Gasteiger partial charge in [-0.15, -0.1) is 0 Å². The molecule has 1 aromatic heterocycles. The van der Waals surface area contributed by atoms with E-state index in [0.717, 1.165) is 130 Å². The molecule has 0 amide bonds. The summed E-state index contributed by atoms with van der Waals surface area (Å²) < 4.78 is 93.0. The second kappa shape index (κ2) is 34.8. The van der Waals surface area contributed by atoms with E-state index in [2.05, 4.69) is 310 Å². The summed E-state index contributed by atoms with van der Waals surface area (Å²) in [4.78, 5) is 2.25. The van der Waals surface area contributed by atoms with Crippen molar-refractivity contribution in [2.24, 2.45) is 0 Å². The Bertz CT molecular complexity index is 3740. The largest absolute Gasteiger partial charge is 0.673 e. The Morgan fingerprint density at radius 2 is 1.05 bits per heavy atom. The highest BCUT2D eigenvalue weighted by atomic mass is 79.9. The monoisotopic (exact) mass is 1450 g/mol. The summed E-state index contributed by atoms with van der Waals surface area (Å²) in [5.41, 5.74) is 14.6. The maximum Gasteiger partial charge on any atom is 0.673 e. The molecule has 9 rings (SSSR count). The van der Waals surface area contributed by atoms with Gasteiger partial charge < -0.3 is 44.2 Å². The first-order chi connectivity index (χ1) is 42.0. The number of ether oxygens (including phenoxy) is 1. The van der Waals surface area contributed by atoms with Crippen LogP contribution in [-0.2, 0) is 4.74 Å². The minimum atomic E-state index is -6.00. The van der Waals surface area contributed by atoms with Crippen molar-refractivity contribution < 1.29 is 48.4 Å². The molecule has 452 valence electrons. The predicted octanol–water partition coefficient (Wildman–Crippen LogP) is 21.1. The number of nitrogens with zero attached hydrogens (tertiary/aromatic N) is 5. The van der Waals surface area contributed by atoms with Gasteiger partial charge >= 0.3 is 14.5 Å².